The van der Waals surface area contributed by atoms with Crippen molar-refractivity contribution in [2.45, 2.75) is 5.92 Å². The molecule has 1 amide bonds. The van der Waals surface area contributed by atoms with Crippen LogP contribution in [0.2, 0.25) is 10.0 Å². The van der Waals surface area contributed by atoms with Gasteiger partial charge in [-0.3, -0.25) is 0 Å². The van der Waals surface area contributed by atoms with Gasteiger partial charge in [-0.05, 0) is 28.8 Å². The Morgan fingerprint density at radius 3 is 2.58 bits per heavy atom. The minimum Gasteiger partial charge on any atom is -0.465 e. The van der Waals surface area contributed by atoms with Gasteiger partial charge in [0, 0.05) is 35.0 Å². The minimum atomic E-state index is -1.33. The number of hydrogen-bond donors (Lipinski definition) is 3. The van der Waals surface area contributed by atoms with Crippen molar-refractivity contribution in [2.24, 2.45) is 11.7 Å². The lowest BCUT2D eigenvalue weighted by Crippen LogP contribution is -2.10. The Balaban J connectivity index is 0.000000297. The molecule has 0 spiro atoms. The highest BCUT2D eigenvalue weighted by molar-refractivity contribution is 6.35. The maximum Gasteiger partial charge on any atom is 0.402 e. The van der Waals surface area contributed by atoms with E-state index in [1.807, 2.05) is 12.1 Å². The molecule has 19 heavy (non-hydrogen) atoms. The molecule has 2 unspecified atom stereocenters. The summed E-state index contributed by atoms with van der Waals surface area (Å²) in [6, 6.07) is 3.82. The van der Waals surface area contributed by atoms with Gasteiger partial charge in [-0.2, -0.15) is 0 Å². The summed E-state index contributed by atoms with van der Waals surface area (Å²) in [4.78, 5) is 8.78. The molecule has 1 aromatic rings. The number of benzene rings is 1. The molecule has 1 fully saturated rings. The van der Waals surface area contributed by atoms with E-state index in [-0.39, 0.29) is 0 Å². The molecule has 1 aliphatic carbocycles. The van der Waals surface area contributed by atoms with Crippen LogP contribution in [0.15, 0.2) is 18.7 Å². The average Bonchev–Trinajstić information content (AvgIpc) is 2.82. The molecule has 2 aliphatic rings. The zero-order valence-electron chi connectivity index (χ0n) is 10.1. The van der Waals surface area contributed by atoms with Crippen LogP contribution < -0.4 is 11.1 Å². The number of nitrogens with two attached hydrogens (primary N) is 1. The molecule has 1 heterocycles. The second kappa shape index (κ2) is 5.41. The van der Waals surface area contributed by atoms with Crippen molar-refractivity contribution in [3.63, 3.8) is 0 Å². The third kappa shape index (κ3) is 2.71. The van der Waals surface area contributed by atoms with E-state index in [1.165, 1.54) is 16.7 Å². The zero-order chi connectivity index (χ0) is 14.2. The van der Waals surface area contributed by atoms with E-state index in [0.717, 1.165) is 18.1 Å². The van der Waals surface area contributed by atoms with Gasteiger partial charge in [0.25, 0.3) is 0 Å². The molecule has 1 aliphatic heterocycles. The van der Waals surface area contributed by atoms with Gasteiger partial charge in [-0.15, -0.1) is 0 Å². The summed E-state index contributed by atoms with van der Waals surface area (Å²) in [5.74, 6) is 1.01. The summed E-state index contributed by atoms with van der Waals surface area (Å²) < 4.78 is 0. The third-order valence-corrected chi connectivity index (χ3v) is 4.00. The second-order valence-electron chi connectivity index (χ2n) is 4.58. The van der Waals surface area contributed by atoms with Crippen molar-refractivity contribution < 1.29 is 9.90 Å². The molecule has 3 rings (SSSR count). The maximum absolute atomic E-state index is 8.78. The molecule has 0 bridgehead atoms. The summed E-state index contributed by atoms with van der Waals surface area (Å²) in [7, 11) is 0. The zero-order valence-corrected chi connectivity index (χ0v) is 11.6. The Morgan fingerprint density at radius 1 is 1.37 bits per heavy atom. The SMILES string of the molecule is C=C1c2cc(Cl)cc(Cl)c2C2CNCC12.NC(=O)O. The smallest absolute Gasteiger partial charge is 0.402 e. The molecular formula is C13H14Cl2N2O2. The summed E-state index contributed by atoms with van der Waals surface area (Å²) in [6.45, 7) is 6.17. The third-order valence-electron chi connectivity index (χ3n) is 3.47. The Morgan fingerprint density at radius 2 is 1.95 bits per heavy atom. The van der Waals surface area contributed by atoms with Crippen molar-refractivity contribution in [1.82, 2.24) is 5.32 Å². The number of primary amides is 1. The van der Waals surface area contributed by atoms with Crippen LogP contribution >= 0.6 is 23.2 Å². The van der Waals surface area contributed by atoms with Crippen LogP contribution in [0.5, 0.6) is 0 Å². The van der Waals surface area contributed by atoms with E-state index < -0.39 is 6.09 Å². The highest BCUT2D eigenvalue weighted by Gasteiger charge is 2.40. The predicted molar refractivity (Wildman–Crippen MR) is 76.8 cm³/mol. The number of halogens is 2. The molecule has 4 nitrogen and oxygen atoms in total. The number of carbonyl (C=O) groups is 1. The van der Waals surface area contributed by atoms with Crippen LogP contribution in [0.1, 0.15) is 17.0 Å². The normalized spacial score (nSPS) is 23.4. The maximum atomic E-state index is 8.78. The highest BCUT2D eigenvalue weighted by Crippen LogP contribution is 2.50. The van der Waals surface area contributed by atoms with E-state index in [9.17, 15) is 0 Å². The standard InChI is InChI=1S/C12H11Cl2N.CH3NO2/c1-6-8-2-7(13)3-11(14)12(8)10-5-15-4-9(6)10;2-1(3)4/h2-3,9-10,15H,1,4-5H2;2H2,(H,3,4). The number of fused-ring (bicyclic) bond motifs is 3. The van der Waals surface area contributed by atoms with Crippen LogP contribution in [0.25, 0.3) is 5.57 Å². The number of nitrogens with one attached hydrogen (secondary N) is 1. The first-order valence-corrected chi connectivity index (χ1v) is 6.54. The van der Waals surface area contributed by atoms with Crippen LogP contribution in [-0.2, 0) is 0 Å². The molecule has 1 aromatic carbocycles. The number of rotatable bonds is 0. The molecule has 0 aromatic heterocycles. The van der Waals surface area contributed by atoms with Crippen LogP contribution in [0.4, 0.5) is 4.79 Å². The van der Waals surface area contributed by atoms with Gasteiger partial charge >= 0.3 is 6.09 Å². The predicted octanol–water partition coefficient (Wildman–Crippen LogP) is 2.95. The van der Waals surface area contributed by atoms with E-state index >= 15 is 0 Å². The molecule has 2 atom stereocenters. The lowest BCUT2D eigenvalue weighted by atomic mass is 9.95. The molecular weight excluding hydrogens is 287 g/mol. The second-order valence-corrected chi connectivity index (χ2v) is 5.43. The van der Waals surface area contributed by atoms with Gasteiger partial charge in [0.2, 0.25) is 0 Å². The van der Waals surface area contributed by atoms with Crippen LogP contribution in [0, 0.1) is 5.92 Å². The first kappa shape index (κ1) is 14.2. The number of amides is 1. The van der Waals surface area contributed by atoms with Gasteiger partial charge in [0.05, 0.1) is 0 Å². The molecule has 0 saturated carbocycles. The molecule has 0 radical (unpaired) electrons. The van der Waals surface area contributed by atoms with Gasteiger partial charge in [0.1, 0.15) is 0 Å². The van der Waals surface area contributed by atoms with E-state index in [0.29, 0.717) is 16.9 Å². The fourth-order valence-corrected chi connectivity index (χ4v) is 3.41. The Bertz CT molecular complexity index is 542. The summed E-state index contributed by atoms with van der Waals surface area (Å²) in [6.07, 6.45) is -1.33. The fraction of sp³-hybridized carbons (Fsp3) is 0.308. The monoisotopic (exact) mass is 300 g/mol. The van der Waals surface area contributed by atoms with Crippen molar-refractivity contribution in [3.8, 4) is 0 Å². The minimum absolute atomic E-state index is 0.497. The quantitative estimate of drug-likeness (QED) is 0.689. The summed E-state index contributed by atoms with van der Waals surface area (Å²) in [5.41, 5.74) is 7.62. The van der Waals surface area contributed by atoms with Crippen molar-refractivity contribution >= 4 is 34.9 Å². The van der Waals surface area contributed by atoms with Crippen LogP contribution in [0.3, 0.4) is 0 Å². The molecule has 4 N–H and O–H groups in total. The Kier molecular flexibility index (Phi) is 4.04. The topological polar surface area (TPSA) is 75.3 Å². The Labute approximate surface area is 121 Å². The summed E-state index contributed by atoms with van der Waals surface area (Å²) in [5, 5.41) is 12.1. The number of carboxylic acid groups (broad SMARTS) is 1. The van der Waals surface area contributed by atoms with Gasteiger partial charge in [-0.1, -0.05) is 29.8 Å². The van der Waals surface area contributed by atoms with E-state index in [1.54, 1.807) is 0 Å². The molecule has 102 valence electrons. The van der Waals surface area contributed by atoms with Crippen molar-refractivity contribution in [3.05, 3.63) is 39.9 Å². The number of hydrogen-bond acceptors (Lipinski definition) is 2. The van der Waals surface area contributed by atoms with E-state index in [4.69, 9.17) is 33.1 Å². The highest BCUT2D eigenvalue weighted by atomic mass is 35.5. The first-order chi connectivity index (χ1) is 8.91. The lowest BCUT2D eigenvalue weighted by molar-refractivity contribution is 0.205. The average molecular weight is 301 g/mol. The van der Waals surface area contributed by atoms with Crippen LogP contribution in [-0.4, -0.2) is 24.3 Å². The van der Waals surface area contributed by atoms with Crippen molar-refractivity contribution in [1.29, 1.82) is 0 Å². The van der Waals surface area contributed by atoms with Gasteiger partial charge in [-0.25, -0.2) is 4.79 Å². The van der Waals surface area contributed by atoms with E-state index in [2.05, 4.69) is 17.6 Å². The fourth-order valence-electron chi connectivity index (χ4n) is 2.78. The Hall–Kier alpha value is -1.23. The molecule has 1 saturated heterocycles. The van der Waals surface area contributed by atoms with Gasteiger partial charge < -0.3 is 16.2 Å². The summed E-state index contributed by atoms with van der Waals surface area (Å²) >= 11 is 12.3. The van der Waals surface area contributed by atoms with Crippen molar-refractivity contribution in [2.75, 3.05) is 13.1 Å². The first-order valence-electron chi connectivity index (χ1n) is 5.79. The largest absolute Gasteiger partial charge is 0.465 e. The van der Waals surface area contributed by atoms with Gasteiger partial charge in [0.15, 0.2) is 0 Å². The molecule has 6 heteroatoms. The lowest BCUT2D eigenvalue weighted by Gasteiger charge is -2.09.